The minimum absolute atomic E-state index is 0.164. The number of rotatable bonds is 2. The van der Waals surface area contributed by atoms with Crippen molar-refractivity contribution in [1.82, 2.24) is 0 Å². The second-order valence-corrected chi connectivity index (χ2v) is 7.86. The number of anilines is 1. The molecular formula is C18H19BrClN. The SMILES string of the molecule is Cc1ccc(NC2c3cc(Cl)ccc3CC2(C)C)c(Br)c1. The second kappa shape index (κ2) is 5.33. The van der Waals surface area contributed by atoms with Gasteiger partial charge in [-0.1, -0.05) is 37.6 Å². The highest BCUT2D eigenvalue weighted by molar-refractivity contribution is 9.10. The van der Waals surface area contributed by atoms with Gasteiger partial charge in [0.2, 0.25) is 0 Å². The highest BCUT2D eigenvalue weighted by Gasteiger charge is 2.39. The van der Waals surface area contributed by atoms with Crippen LogP contribution in [-0.2, 0) is 6.42 Å². The first-order valence-electron chi connectivity index (χ1n) is 7.18. The van der Waals surface area contributed by atoms with E-state index in [1.165, 1.54) is 16.7 Å². The van der Waals surface area contributed by atoms with Gasteiger partial charge in [-0.05, 0) is 75.6 Å². The summed E-state index contributed by atoms with van der Waals surface area (Å²) in [4.78, 5) is 0. The first kappa shape index (κ1) is 14.9. The molecule has 0 aromatic heterocycles. The average Bonchev–Trinajstić information content (AvgIpc) is 2.63. The number of halogens is 2. The smallest absolute Gasteiger partial charge is 0.0571 e. The summed E-state index contributed by atoms with van der Waals surface area (Å²) in [5.41, 5.74) is 5.26. The Hall–Kier alpha value is -0.990. The van der Waals surface area contributed by atoms with Gasteiger partial charge in [-0.3, -0.25) is 0 Å². The molecule has 0 saturated heterocycles. The van der Waals surface area contributed by atoms with Gasteiger partial charge >= 0.3 is 0 Å². The lowest BCUT2D eigenvalue weighted by molar-refractivity contribution is 0.337. The maximum absolute atomic E-state index is 6.20. The standard InChI is InChI=1S/C18H19BrClN/c1-11-4-7-16(15(19)8-11)21-17-14-9-13(20)6-5-12(14)10-18(17,2)3/h4-9,17,21H,10H2,1-3H3. The minimum Gasteiger partial charge on any atom is -0.377 e. The molecule has 0 saturated carbocycles. The molecule has 0 heterocycles. The van der Waals surface area contributed by atoms with Crippen LogP contribution in [0.4, 0.5) is 5.69 Å². The molecule has 3 rings (SSSR count). The Bertz CT molecular complexity index is 694. The zero-order valence-electron chi connectivity index (χ0n) is 12.5. The maximum atomic E-state index is 6.20. The van der Waals surface area contributed by atoms with Crippen molar-refractivity contribution < 1.29 is 0 Å². The van der Waals surface area contributed by atoms with E-state index < -0.39 is 0 Å². The molecule has 0 fully saturated rings. The third-order valence-electron chi connectivity index (χ3n) is 4.27. The first-order chi connectivity index (χ1) is 9.87. The topological polar surface area (TPSA) is 12.0 Å². The minimum atomic E-state index is 0.164. The lowest BCUT2D eigenvalue weighted by Gasteiger charge is -2.30. The number of aryl methyl sites for hydroxylation is 1. The van der Waals surface area contributed by atoms with Gasteiger partial charge in [0.25, 0.3) is 0 Å². The van der Waals surface area contributed by atoms with Crippen LogP contribution in [0.3, 0.4) is 0 Å². The van der Waals surface area contributed by atoms with Crippen molar-refractivity contribution in [3.8, 4) is 0 Å². The first-order valence-corrected chi connectivity index (χ1v) is 8.35. The summed E-state index contributed by atoms with van der Waals surface area (Å²) in [5, 5.41) is 4.51. The highest BCUT2D eigenvalue weighted by atomic mass is 79.9. The van der Waals surface area contributed by atoms with Crippen LogP contribution in [0.25, 0.3) is 0 Å². The summed E-state index contributed by atoms with van der Waals surface area (Å²) in [6, 6.07) is 12.9. The molecule has 1 aliphatic rings. The van der Waals surface area contributed by atoms with Gasteiger partial charge in [0.15, 0.2) is 0 Å². The fourth-order valence-corrected chi connectivity index (χ4v) is 3.96. The third kappa shape index (κ3) is 2.84. The van der Waals surface area contributed by atoms with Gasteiger partial charge in [-0.2, -0.15) is 0 Å². The number of hydrogen-bond donors (Lipinski definition) is 1. The molecule has 1 unspecified atom stereocenters. The average molecular weight is 365 g/mol. The summed E-state index contributed by atoms with van der Waals surface area (Å²) in [6.45, 7) is 6.71. The van der Waals surface area contributed by atoms with Crippen LogP contribution in [0.15, 0.2) is 40.9 Å². The summed E-state index contributed by atoms with van der Waals surface area (Å²) < 4.78 is 1.11. The summed E-state index contributed by atoms with van der Waals surface area (Å²) in [7, 11) is 0. The van der Waals surface area contributed by atoms with Crippen LogP contribution < -0.4 is 5.32 Å². The van der Waals surface area contributed by atoms with E-state index in [4.69, 9.17) is 11.6 Å². The van der Waals surface area contributed by atoms with E-state index in [0.29, 0.717) is 0 Å². The molecule has 0 amide bonds. The van der Waals surface area contributed by atoms with Crippen LogP contribution in [-0.4, -0.2) is 0 Å². The van der Waals surface area contributed by atoms with Crippen molar-refractivity contribution in [1.29, 1.82) is 0 Å². The van der Waals surface area contributed by atoms with Gasteiger partial charge in [0, 0.05) is 15.2 Å². The van der Waals surface area contributed by atoms with Crippen molar-refractivity contribution >= 4 is 33.2 Å². The van der Waals surface area contributed by atoms with Crippen molar-refractivity contribution in [3.63, 3.8) is 0 Å². The summed E-state index contributed by atoms with van der Waals surface area (Å²) >= 11 is 9.86. The number of fused-ring (bicyclic) bond motifs is 1. The molecule has 0 aliphatic heterocycles. The molecule has 0 spiro atoms. The van der Waals surface area contributed by atoms with Crippen LogP contribution >= 0.6 is 27.5 Å². The molecule has 3 heteroatoms. The number of nitrogens with one attached hydrogen (secondary N) is 1. The number of hydrogen-bond acceptors (Lipinski definition) is 1. The Balaban J connectivity index is 1.99. The molecule has 1 N–H and O–H groups in total. The van der Waals surface area contributed by atoms with Gasteiger partial charge < -0.3 is 5.32 Å². The Labute approximate surface area is 139 Å². The number of benzene rings is 2. The fourth-order valence-electron chi connectivity index (χ4n) is 3.18. The van der Waals surface area contributed by atoms with Gasteiger partial charge in [-0.15, -0.1) is 0 Å². The van der Waals surface area contributed by atoms with Crippen LogP contribution in [0, 0.1) is 12.3 Å². The van der Waals surface area contributed by atoms with Crippen LogP contribution in [0.1, 0.15) is 36.6 Å². The molecule has 21 heavy (non-hydrogen) atoms. The van der Waals surface area contributed by atoms with E-state index in [2.05, 4.69) is 72.3 Å². The lowest BCUT2D eigenvalue weighted by atomic mass is 9.85. The molecule has 1 atom stereocenters. The van der Waals surface area contributed by atoms with E-state index in [1.54, 1.807) is 0 Å². The van der Waals surface area contributed by atoms with Gasteiger partial charge in [0.05, 0.1) is 6.04 Å². The molecule has 0 radical (unpaired) electrons. The monoisotopic (exact) mass is 363 g/mol. The van der Waals surface area contributed by atoms with E-state index in [9.17, 15) is 0 Å². The third-order valence-corrected chi connectivity index (χ3v) is 5.16. The molecule has 2 aromatic carbocycles. The quantitative estimate of drug-likeness (QED) is 0.674. The normalized spacial score (nSPS) is 19.4. The van der Waals surface area contributed by atoms with Crippen LogP contribution in [0.2, 0.25) is 5.02 Å². The largest absolute Gasteiger partial charge is 0.377 e. The Morgan fingerprint density at radius 3 is 2.67 bits per heavy atom. The maximum Gasteiger partial charge on any atom is 0.0571 e. The molecule has 2 aromatic rings. The van der Waals surface area contributed by atoms with Gasteiger partial charge in [0.1, 0.15) is 0 Å². The molecular weight excluding hydrogens is 346 g/mol. The van der Waals surface area contributed by atoms with E-state index in [-0.39, 0.29) is 11.5 Å². The van der Waals surface area contributed by atoms with E-state index >= 15 is 0 Å². The Morgan fingerprint density at radius 2 is 1.95 bits per heavy atom. The molecule has 1 nitrogen and oxygen atoms in total. The van der Waals surface area contributed by atoms with Gasteiger partial charge in [-0.25, -0.2) is 0 Å². The lowest BCUT2D eigenvalue weighted by Crippen LogP contribution is -2.24. The molecule has 110 valence electrons. The summed E-state index contributed by atoms with van der Waals surface area (Å²) in [6.07, 6.45) is 1.07. The Morgan fingerprint density at radius 1 is 1.19 bits per heavy atom. The Kier molecular flexibility index (Phi) is 3.79. The fraction of sp³-hybridized carbons (Fsp3) is 0.333. The summed E-state index contributed by atoms with van der Waals surface area (Å²) in [5.74, 6) is 0. The van der Waals surface area contributed by atoms with E-state index in [1.807, 2.05) is 6.07 Å². The highest BCUT2D eigenvalue weighted by Crippen LogP contribution is 2.48. The molecule has 0 bridgehead atoms. The van der Waals surface area contributed by atoms with Crippen molar-refractivity contribution in [2.75, 3.05) is 5.32 Å². The van der Waals surface area contributed by atoms with Crippen molar-refractivity contribution in [3.05, 3.63) is 62.6 Å². The van der Waals surface area contributed by atoms with Crippen LogP contribution in [0.5, 0.6) is 0 Å². The van der Waals surface area contributed by atoms with Crippen molar-refractivity contribution in [2.45, 2.75) is 33.2 Å². The van der Waals surface area contributed by atoms with Crippen molar-refractivity contribution in [2.24, 2.45) is 5.41 Å². The molecule has 1 aliphatic carbocycles. The predicted octanol–water partition coefficient (Wildman–Crippen LogP) is 6.15. The predicted molar refractivity (Wildman–Crippen MR) is 94.2 cm³/mol. The zero-order chi connectivity index (χ0) is 15.2. The van der Waals surface area contributed by atoms with E-state index in [0.717, 1.165) is 21.6 Å². The second-order valence-electron chi connectivity index (χ2n) is 6.57. The zero-order valence-corrected chi connectivity index (χ0v) is 14.8.